The van der Waals surface area contributed by atoms with Crippen molar-refractivity contribution in [2.24, 2.45) is 0 Å². The molecule has 0 unspecified atom stereocenters. The molecule has 0 nitrogen and oxygen atoms in total. The second kappa shape index (κ2) is 12.6. The molecule has 0 bridgehead atoms. The predicted octanol–water partition coefficient (Wildman–Crippen LogP) is 14.0. The Hall–Kier alpha value is -4.02. The van der Waals surface area contributed by atoms with Crippen LogP contribution in [-0.2, 0) is 19.3 Å². The van der Waals surface area contributed by atoms with Gasteiger partial charge in [0.05, 0.1) is 0 Å². The van der Waals surface area contributed by atoms with Crippen LogP contribution in [0.2, 0.25) is 0 Å². The number of hydrogen-bond acceptors (Lipinski definition) is 0. The summed E-state index contributed by atoms with van der Waals surface area (Å²) in [7, 11) is 0. The first kappa shape index (κ1) is 31.7. The van der Waals surface area contributed by atoms with Gasteiger partial charge in [0, 0.05) is 31.2 Å². The van der Waals surface area contributed by atoms with Crippen molar-refractivity contribution >= 4 is 47.8 Å². The first-order valence-corrected chi connectivity index (χ1v) is 20.2. The quantitative estimate of drug-likeness (QED) is 0.156. The van der Waals surface area contributed by atoms with Gasteiger partial charge in [-0.25, -0.2) is 0 Å². The van der Waals surface area contributed by atoms with Gasteiger partial charge in [-0.05, 0) is 103 Å². The summed E-state index contributed by atoms with van der Waals surface area (Å²) >= 11 is 12.9. The largest absolute Gasteiger partial charge is 0.0619 e. The van der Waals surface area contributed by atoms with Crippen molar-refractivity contribution in [2.45, 2.75) is 37.0 Å². The molecule has 0 heterocycles. The first-order valence-electron chi connectivity index (χ1n) is 17.8. The van der Waals surface area contributed by atoms with E-state index >= 15 is 0 Å². The molecule has 0 saturated heterocycles. The van der Waals surface area contributed by atoms with Gasteiger partial charge in [-0.15, -0.1) is 0 Å². The van der Waals surface area contributed by atoms with Crippen LogP contribution in [0.5, 0.6) is 0 Å². The Morgan fingerprint density at radius 2 is 0.451 bits per heavy atom. The molecule has 0 radical (unpaired) electrons. The Labute approximate surface area is 325 Å². The molecule has 3 heteroatoms. The van der Waals surface area contributed by atoms with Gasteiger partial charge in [-0.3, -0.25) is 0 Å². The zero-order valence-electron chi connectivity index (χ0n) is 27.8. The van der Waals surface area contributed by atoms with Crippen molar-refractivity contribution in [3.8, 4) is 33.4 Å². The predicted molar refractivity (Wildman–Crippen MR) is 222 cm³/mol. The van der Waals surface area contributed by atoms with E-state index in [0.29, 0.717) is 0 Å². The molecular formula is C48H33Br3. The second-order valence-corrected chi connectivity index (χ2v) is 16.6. The number of halogens is 3. The average molecular weight is 850 g/mol. The SMILES string of the molecule is Brc1c(CC2c3ccccc3-c3ccccc32)c(Br)c(CC2c3ccccc3-c3ccccc32)c(Br)c1CC1c2ccccc2-c2ccccc21. The summed E-state index contributed by atoms with van der Waals surface area (Å²) in [6.45, 7) is 0. The van der Waals surface area contributed by atoms with E-state index in [0.717, 1.165) is 19.3 Å². The van der Waals surface area contributed by atoms with Crippen LogP contribution >= 0.6 is 47.8 Å². The maximum absolute atomic E-state index is 4.30. The fourth-order valence-electron chi connectivity index (χ4n) is 9.42. The first-order chi connectivity index (χ1) is 25.1. The second-order valence-electron chi connectivity index (χ2n) is 14.2. The Morgan fingerprint density at radius 1 is 0.275 bits per heavy atom. The molecular weight excluding hydrogens is 816 g/mol. The van der Waals surface area contributed by atoms with Crippen molar-refractivity contribution in [1.29, 1.82) is 0 Å². The lowest BCUT2D eigenvalue weighted by molar-refractivity contribution is 0.774. The lowest BCUT2D eigenvalue weighted by Gasteiger charge is -2.26. The van der Waals surface area contributed by atoms with Crippen molar-refractivity contribution in [1.82, 2.24) is 0 Å². The minimum atomic E-state index is 0.271. The number of benzene rings is 7. The molecule has 51 heavy (non-hydrogen) atoms. The van der Waals surface area contributed by atoms with E-state index in [1.807, 2.05) is 0 Å². The highest BCUT2D eigenvalue weighted by atomic mass is 79.9. The Bertz CT molecular complexity index is 2090. The zero-order chi connectivity index (χ0) is 34.2. The van der Waals surface area contributed by atoms with Gasteiger partial charge in [-0.2, -0.15) is 0 Å². The van der Waals surface area contributed by atoms with E-state index < -0.39 is 0 Å². The fourth-order valence-corrected chi connectivity index (χ4v) is 12.4. The van der Waals surface area contributed by atoms with E-state index in [4.69, 9.17) is 0 Å². The third-order valence-corrected chi connectivity index (χ3v) is 14.6. The van der Waals surface area contributed by atoms with Gasteiger partial charge in [0.25, 0.3) is 0 Å². The van der Waals surface area contributed by atoms with Crippen molar-refractivity contribution in [3.63, 3.8) is 0 Å². The maximum Gasteiger partial charge on any atom is 0.0262 e. The molecule has 0 amide bonds. The summed E-state index contributed by atoms with van der Waals surface area (Å²) in [6.07, 6.45) is 2.70. The molecule has 7 aromatic rings. The number of hydrogen-bond donors (Lipinski definition) is 0. The highest BCUT2D eigenvalue weighted by Gasteiger charge is 2.35. The lowest BCUT2D eigenvalue weighted by atomic mass is 9.83. The maximum atomic E-state index is 4.30. The van der Waals surface area contributed by atoms with Gasteiger partial charge in [0.15, 0.2) is 0 Å². The van der Waals surface area contributed by atoms with Crippen molar-refractivity contribution < 1.29 is 0 Å². The minimum Gasteiger partial charge on any atom is -0.0619 e. The van der Waals surface area contributed by atoms with Crippen LogP contribution in [0.25, 0.3) is 33.4 Å². The standard InChI is InChI=1S/C48H33Br3/c49-46-43(25-40-34-19-7-1-13-28(34)29-14-2-8-20-35(29)40)47(50)45(27-42-38-23-11-5-17-32(38)33-18-6-12-24-39(33)42)48(51)44(46)26-41-36-21-9-3-15-30(36)31-16-4-10-22-37(31)41/h1-24,40-42H,25-27H2. The highest BCUT2D eigenvalue weighted by Crippen LogP contribution is 2.53. The third-order valence-electron chi connectivity index (χ3n) is 11.7. The average Bonchev–Trinajstić information content (AvgIpc) is 3.79. The van der Waals surface area contributed by atoms with Gasteiger partial charge >= 0.3 is 0 Å². The molecule has 0 fully saturated rings. The molecule has 0 aliphatic heterocycles. The van der Waals surface area contributed by atoms with Crippen LogP contribution in [0.1, 0.15) is 67.8 Å². The van der Waals surface area contributed by atoms with Crippen molar-refractivity contribution in [3.05, 3.63) is 209 Å². The van der Waals surface area contributed by atoms with Crippen LogP contribution in [0.15, 0.2) is 159 Å². The van der Waals surface area contributed by atoms with E-state index in [1.54, 1.807) is 0 Å². The fraction of sp³-hybridized carbons (Fsp3) is 0.125. The molecule has 0 aromatic heterocycles. The Kier molecular flexibility index (Phi) is 7.82. The molecule has 10 rings (SSSR count). The van der Waals surface area contributed by atoms with Gasteiger partial charge in [-0.1, -0.05) is 193 Å². The number of rotatable bonds is 6. The molecule has 246 valence electrons. The summed E-state index contributed by atoms with van der Waals surface area (Å²) < 4.78 is 3.63. The highest BCUT2D eigenvalue weighted by molar-refractivity contribution is 9.11. The third kappa shape index (κ3) is 4.95. The normalized spacial score (nSPS) is 14.2. The Morgan fingerprint density at radius 3 is 0.647 bits per heavy atom. The van der Waals surface area contributed by atoms with Crippen LogP contribution < -0.4 is 0 Å². The summed E-state index contributed by atoms with van der Waals surface area (Å²) in [4.78, 5) is 0. The van der Waals surface area contributed by atoms with E-state index in [9.17, 15) is 0 Å². The summed E-state index contributed by atoms with van der Waals surface area (Å²) in [5.41, 5.74) is 20.7. The monoisotopic (exact) mass is 846 g/mol. The number of fused-ring (bicyclic) bond motifs is 9. The zero-order valence-corrected chi connectivity index (χ0v) is 32.6. The molecule has 7 aromatic carbocycles. The van der Waals surface area contributed by atoms with Gasteiger partial charge in [0.1, 0.15) is 0 Å². The molecule has 3 aliphatic rings. The lowest BCUT2D eigenvalue weighted by Crippen LogP contribution is -2.12. The summed E-state index contributed by atoms with van der Waals surface area (Å²) in [5, 5.41) is 0. The van der Waals surface area contributed by atoms with Crippen LogP contribution in [0.4, 0.5) is 0 Å². The minimum absolute atomic E-state index is 0.271. The molecule has 0 spiro atoms. The van der Waals surface area contributed by atoms with Crippen LogP contribution in [0, 0.1) is 0 Å². The smallest absolute Gasteiger partial charge is 0.0262 e. The van der Waals surface area contributed by atoms with E-state index in [2.05, 4.69) is 193 Å². The summed E-state index contributed by atoms with van der Waals surface area (Å²) in [6, 6.07) is 54.0. The molecule has 0 N–H and O–H groups in total. The summed E-state index contributed by atoms with van der Waals surface area (Å²) in [5.74, 6) is 0.813. The van der Waals surface area contributed by atoms with Crippen LogP contribution in [-0.4, -0.2) is 0 Å². The molecule has 0 atom stereocenters. The van der Waals surface area contributed by atoms with Gasteiger partial charge in [0.2, 0.25) is 0 Å². The van der Waals surface area contributed by atoms with Gasteiger partial charge < -0.3 is 0 Å². The van der Waals surface area contributed by atoms with Crippen LogP contribution in [0.3, 0.4) is 0 Å². The Balaban J connectivity index is 1.15. The topological polar surface area (TPSA) is 0 Å². The molecule has 3 aliphatic carbocycles. The van der Waals surface area contributed by atoms with E-state index in [-0.39, 0.29) is 17.8 Å². The van der Waals surface area contributed by atoms with Crippen molar-refractivity contribution in [2.75, 3.05) is 0 Å². The molecule has 0 saturated carbocycles. The van der Waals surface area contributed by atoms with E-state index in [1.165, 1.54) is 96.9 Å².